The van der Waals surface area contributed by atoms with Gasteiger partial charge in [0.1, 0.15) is 0 Å². The highest BCUT2D eigenvalue weighted by atomic mass is 16.5. The van der Waals surface area contributed by atoms with Gasteiger partial charge in [0.25, 0.3) is 5.91 Å². The van der Waals surface area contributed by atoms with Crippen molar-refractivity contribution in [2.75, 3.05) is 44.5 Å². The Bertz CT molecular complexity index is 1040. The highest BCUT2D eigenvalue weighted by Crippen LogP contribution is 2.29. The van der Waals surface area contributed by atoms with Crippen molar-refractivity contribution in [2.24, 2.45) is 5.10 Å². The summed E-state index contributed by atoms with van der Waals surface area (Å²) >= 11 is 0. The lowest BCUT2D eigenvalue weighted by molar-refractivity contribution is -0.137. The minimum atomic E-state index is -0.0576. The third-order valence-electron chi connectivity index (χ3n) is 5.31. The molecule has 0 aliphatic carbocycles. The molecule has 0 atom stereocenters. The molecule has 7 heteroatoms. The van der Waals surface area contributed by atoms with E-state index in [1.807, 2.05) is 90.8 Å². The van der Waals surface area contributed by atoms with Crippen LogP contribution in [-0.2, 0) is 9.53 Å². The average molecular weight is 460 g/mol. The molecule has 4 rings (SSSR count). The minimum absolute atomic E-state index is 0.0384. The number of ether oxygens (including phenoxy) is 3. The number of benzene rings is 3. The summed E-state index contributed by atoms with van der Waals surface area (Å²) in [5, 5.41) is 6.62. The Morgan fingerprint density at radius 2 is 1.59 bits per heavy atom. The molecule has 1 heterocycles. The number of nitrogens with zero attached hydrogens (tertiary/aromatic N) is 3. The van der Waals surface area contributed by atoms with Gasteiger partial charge in [-0.3, -0.25) is 4.79 Å². The maximum absolute atomic E-state index is 12.4. The molecule has 0 bridgehead atoms. The largest absolute Gasteiger partial charge is 0.490 e. The van der Waals surface area contributed by atoms with Gasteiger partial charge in [0.05, 0.1) is 37.4 Å². The number of rotatable bonds is 9. The predicted molar refractivity (Wildman–Crippen MR) is 133 cm³/mol. The summed E-state index contributed by atoms with van der Waals surface area (Å²) in [5.41, 5.74) is 2.76. The number of hydrogen-bond acceptors (Lipinski definition) is 6. The first-order chi connectivity index (χ1) is 16.7. The van der Waals surface area contributed by atoms with Crippen molar-refractivity contribution >= 4 is 23.5 Å². The fourth-order valence-electron chi connectivity index (χ4n) is 3.58. The minimum Gasteiger partial charge on any atom is -0.490 e. The molecule has 0 radical (unpaired) electrons. The summed E-state index contributed by atoms with van der Waals surface area (Å²) in [6.07, 6.45) is 1.78. The molecular formula is C27H29N3O4. The third-order valence-corrected chi connectivity index (χ3v) is 5.31. The molecular weight excluding hydrogens is 430 g/mol. The maximum Gasteiger partial charge on any atom is 0.260 e. The zero-order valence-electron chi connectivity index (χ0n) is 19.3. The van der Waals surface area contributed by atoms with E-state index in [4.69, 9.17) is 19.3 Å². The van der Waals surface area contributed by atoms with Crippen LogP contribution in [-0.4, -0.2) is 56.5 Å². The number of amides is 1. The van der Waals surface area contributed by atoms with Gasteiger partial charge >= 0.3 is 0 Å². The first kappa shape index (κ1) is 23.3. The van der Waals surface area contributed by atoms with Crippen molar-refractivity contribution in [3.8, 4) is 11.5 Å². The van der Waals surface area contributed by atoms with Gasteiger partial charge in [-0.05, 0) is 55.0 Å². The Morgan fingerprint density at radius 3 is 2.21 bits per heavy atom. The number of carbonyl (C=O) groups excluding carboxylic acids is 1. The van der Waals surface area contributed by atoms with Gasteiger partial charge < -0.3 is 19.1 Å². The van der Waals surface area contributed by atoms with Crippen molar-refractivity contribution in [1.82, 2.24) is 4.90 Å². The summed E-state index contributed by atoms with van der Waals surface area (Å²) < 4.78 is 16.9. The Balaban J connectivity index is 1.50. The average Bonchev–Trinajstić information content (AvgIpc) is 2.90. The fraction of sp³-hybridized carbons (Fsp3) is 0.259. The highest BCUT2D eigenvalue weighted by molar-refractivity contribution is 5.83. The van der Waals surface area contributed by atoms with Crippen molar-refractivity contribution in [2.45, 2.75) is 6.92 Å². The molecule has 3 aromatic carbocycles. The molecule has 0 aromatic heterocycles. The standard InChI is InChI=1S/C27H29N3O4/c1-2-33-26-19-22(13-14-25(26)34-21-27(31)29-15-17-32-18-16-29)20-28-30(23-9-5-3-6-10-23)24-11-7-4-8-12-24/h3-14,19-20H,2,15-18,21H2,1H3/b28-20-. The highest BCUT2D eigenvalue weighted by Gasteiger charge is 2.18. The second-order valence-corrected chi connectivity index (χ2v) is 7.65. The topological polar surface area (TPSA) is 63.6 Å². The van der Waals surface area contributed by atoms with E-state index >= 15 is 0 Å². The van der Waals surface area contributed by atoms with Crippen LogP contribution in [0.15, 0.2) is 84.0 Å². The molecule has 0 N–H and O–H groups in total. The van der Waals surface area contributed by atoms with E-state index in [2.05, 4.69) is 0 Å². The van der Waals surface area contributed by atoms with Crippen LogP contribution in [0, 0.1) is 0 Å². The zero-order valence-corrected chi connectivity index (χ0v) is 19.3. The van der Waals surface area contributed by atoms with Crippen LogP contribution in [0.25, 0.3) is 0 Å². The SMILES string of the molecule is CCOc1cc(/C=N\N(c2ccccc2)c2ccccc2)ccc1OCC(=O)N1CCOCC1. The molecule has 0 spiro atoms. The monoisotopic (exact) mass is 459 g/mol. The van der Waals surface area contributed by atoms with E-state index in [0.29, 0.717) is 44.4 Å². The molecule has 1 aliphatic rings. The van der Waals surface area contributed by atoms with Crippen LogP contribution in [0.4, 0.5) is 11.4 Å². The van der Waals surface area contributed by atoms with Gasteiger partial charge in [-0.1, -0.05) is 36.4 Å². The molecule has 3 aromatic rings. The number of hydrogen-bond donors (Lipinski definition) is 0. The summed E-state index contributed by atoms with van der Waals surface area (Å²) in [6.45, 7) is 4.66. The number of anilines is 2. The van der Waals surface area contributed by atoms with Gasteiger partial charge in [0, 0.05) is 13.1 Å². The maximum atomic E-state index is 12.4. The van der Waals surface area contributed by atoms with Crippen LogP contribution in [0.2, 0.25) is 0 Å². The van der Waals surface area contributed by atoms with Crippen molar-refractivity contribution < 1.29 is 19.0 Å². The van der Waals surface area contributed by atoms with Gasteiger partial charge in [0.2, 0.25) is 0 Å². The van der Waals surface area contributed by atoms with E-state index in [9.17, 15) is 4.79 Å². The van der Waals surface area contributed by atoms with E-state index in [1.54, 1.807) is 11.1 Å². The predicted octanol–water partition coefficient (Wildman–Crippen LogP) is 4.50. The lowest BCUT2D eigenvalue weighted by Gasteiger charge is -2.26. The summed E-state index contributed by atoms with van der Waals surface area (Å²) in [4.78, 5) is 14.2. The first-order valence-corrected chi connectivity index (χ1v) is 11.4. The Kier molecular flexibility index (Phi) is 8.13. The van der Waals surface area contributed by atoms with Crippen molar-refractivity contribution in [1.29, 1.82) is 0 Å². The van der Waals surface area contributed by atoms with Gasteiger partial charge in [-0.25, -0.2) is 5.01 Å². The molecule has 176 valence electrons. The first-order valence-electron chi connectivity index (χ1n) is 11.4. The summed E-state index contributed by atoms with van der Waals surface area (Å²) in [5.74, 6) is 1.05. The van der Waals surface area contributed by atoms with Crippen LogP contribution in [0.5, 0.6) is 11.5 Å². The number of morpholine rings is 1. The second kappa shape index (κ2) is 11.9. The zero-order chi connectivity index (χ0) is 23.6. The molecule has 1 aliphatic heterocycles. The Labute approximate surface area is 200 Å². The Hall–Kier alpha value is -3.84. The van der Waals surface area contributed by atoms with E-state index in [-0.39, 0.29) is 12.5 Å². The molecule has 1 saturated heterocycles. The number of para-hydroxylation sites is 2. The smallest absolute Gasteiger partial charge is 0.260 e. The van der Waals surface area contributed by atoms with E-state index in [1.165, 1.54) is 0 Å². The fourth-order valence-corrected chi connectivity index (χ4v) is 3.58. The van der Waals surface area contributed by atoms with Gasteiger partial charge in [0.15, 0.2) is 18.1 Å². The number of carbonyl (C=O) groups is 1. The molecule has 1 fully saturated rings. The lowest BCUT2D eigenvalue weighted by Crippen LogP contribution is -2.43. The van der Waals surface area contributed by atoms with Crippen molar-refractivity contribution in [3.05, 3.63) is 84.4 Å². The van der Waals surface area contributed by atoms with E-state index < -0.39 is 0 Å². The summed E-state index contributed by atoms with van der Waals surface area (Å²) in [6, 6.07) is 25.5. The van der Waals surface area contributed by atoms with Crippen LogP contribution >= 0.6 is 0 Å². The normalized spacial score (nSPS) is 13.6. The second-order valence-electron chi connectivity index (χ2n) is 7.65. The molecule has 0 saturated carbocycles. The number of hydrazone groups is 1. The molecule has 7 nitrogen and oxygen atoms in total. The van der Waals surface area contributed by atoms with Crippen LogP contribution in [0.3, 0.4) is 0 Å². The van der Waals surface area contributed by atoms with Crippen molar-refractivity contribution in [3.63, 3.8) is 0 Å². The molecule has 0 unspecified atom stereocenters. The Morgan fingerprint density at radius 1 is 0.941 bits per heavy atom. The molecule has 1 amide bonds. The summed E-state index contributed by atoms with van der Waals surface area (Å²) in [7, 11) is 0. The molecule has 34 heavy (non-hydrogen) atoms. The van der Waals surface area contributed by atoms with Gasteiger partial charge in [-0.15, -0.1) is 0 Å². The van der Waals surface area contributed by atoms with Crippen LogP contribution < -0.4 is 14.5 Å². The quantitative estimate of drug-likeness (QED) is 0.348. The third kappa shape index (κ3) is 6.14. The lowest BCUT2D eigenvalue weighted by atomic mass is 10.2. The van der Waals surface area contributed by atoms with Crippen LogP contribution in [0.1, 0.15) is 12.5 Å². The van der Waals surface area contributed by atoms with E-state index in [0.717, 1.165) is 16.9 Å². The van der Waals surface area contributed by atoms with Gasteiger partial charge in [-0.2, -0.15) is 5.10 Å².